The summed E-state index contributed by atoms with van der Waals surface area (Å²) in [5.74, 6) is 0.486. The molecule has 1 aliphatic carbocycles. The number of halogens is 3. The zero-order valence-corrected chi connectivity index (χ0v) is 11.1. The molecule has 2 N–H and O–H groups in total. The number of benzene rings is 1. The molecule has 3 rings (SSSR count). The molecule has 1 fully saturated rings. The third kappa shape index (κ3) is 2.49. The molecule has 1 heterocycles. The molecule has 106 valence electrons. The molecule has 0 amide bonds. The van der Waals surface area contributed by atoms with Gasteiger partial charge in [-0.2, -0.15) is 8.78 Å². The molecule has 1 spiro atoms. The highest BCUT2D eigenvalue weighted by Crippen LogP contribution is 2.51. The number of hydrogen-bond acceptors (Lipinski definition) is 3. The van der Waals surface area contributed by atoms with Crippen LogP contribution >= 0.6 is 12.4 Å². The van der Waals surface area contributed by atoms with Crippen LogP contribution < -0.4 is 15.2 Å². The van der Waals surface area contributed by atoms with Gasteiger partial charge in [0.25, 0.3) is 0 Å². The topological polar surface area (TPSA) is 44.5 Å². The summed E-state index contributed by atoms with van der Waals surface area (Å²) in [6.07, 6.45) is 3.71. The van der Waals surface area contributed by atoms with Crippen molar-refractivity contribution in [2.45, 2.75) is 43.9 Å². The maximum absolute atomic E-state index is 12.4. The van der Waals surface area contributed by atoms with Crippen molar-refractivity contribution in [1.82, 2.24) is 0 Å². The van der Waals surface area contributed by atoms with E-state index in [1.54, 1.807) is 6.07 Å². The highest BCUT2D eigenvalue weighted by atomic mass is 35.5. The normalized spacial score (nSPS) is 23.1. The Balaban J connectivity index is 0.00000133. The Morgan fingerprint density at radius 1 is 1.37 bits per heavy atom. The fraction of sp³-hybridized carbons (Fsp3) is 0.538. The second kappa shape index (κ2) is 5.13. The van der Waals surface area contributed by atoms with Gasteiger partial charge < -0.3 is 15.2 Å². The zero-order chi connectivity index (χ0) is 12.8. The lowest BCUT2D eigenvalue weighted by atomic mass is 9.73. The predicted octanol–water partition coefficient (Wildman–Crippen LogP) is 3.41. The molecule has 0 radical (unpaired) electrons. The second-order valence-electron chi connectivity index (χ2n) is 5.00. The minimum absolute atomic E-state index is 0. The fourth-order valence-electron chi connectivity index (χ4n) is 2.77. The standard InChI is InChI=1S/C13H15F2NO2.ClH/c14-12(15)17-10-4-1-3-8-9(16)7-13(5-2-6-13)18-11(8)10;/h1,3-4,9,12H,2,5-7,16H2;1H. The summed E-state index contributed by atoms with van der Waals surface area (Å²) in [4.78, 5) is 0. The molecule has 0 aromatic heterocycles. The van der Waals surface area contributed by atoms with Gasteiger partial charge in [0.2, 0.25) is 0 Å². The second-order valence-corrected chi connectivity index (χ2v) is 5.00. The molecule has 0 bridgehead atoms. The number of fused-ring (bicyclic) bond motifs is 1. The van der Waals surface area contributed by atoms with Crippen LogP contribution in [0.15, 0.2) is 18.2 Å². The van der Waals surface area contributed by atoms with Crippen LogP contribution in [0.5, 0.6) is 11.5 Å². The molecule has 0 saturated heterocycles. The summed E-state index contributed by atoms with van der Waals surface area (Å²) >= 11 is 0. The molecular formula is C13H16ClF2NO2. The first-order valence-corrected chi connectivity index (χ1v) is 6.12. The van der Waals surface area contributed by atoms with Gasteiger partial charge in [0, 0.05) is 18.0 Å². The van der Waals surface area contributed by atoms with Gasteiger partial charge in [0.05, 0.1) is 0 Å². The summed E-state index contributed by atoms with van der Waals surface area (Å²) < 4.78 is 35.2. The quantitative estimate of drug-likeness (QED) is 0.908. The summed E-state index contributed by atoms with van der Waals surface area (Å²) in [5.41, 5.74) is 6.61. The van der Waals surface area contributed by atoms with E-state index in [-0.39, 0.29) is 29.8 Å². The molecule has 2 aliphatic rings. The van der Waals surface area contributed by atoms with E-state index in [9.17, 15) is 8.78 Å². The van der Waals surface area contributed by atoms with E-state index >= 15 is 0 Å². The van der Waals surface area contributed by atoms with Gasteiger partial charge in [-0.15, -0.1) is 12.4 Å². The first-order chi connectivity index (χ1) is 8.60. The monoisotopic (exact) mass is 291 g/mol. The Bertz CT molecular complexity index is 466. The van der Waals surface area contributed by atoms with Crippen LogP contribution in [0.3, 0.4) is 0 Å². The van der Waals surface area contributed by atoms with Crippen molar-refractivity contribution >= 4 is 12.4 Å². The van der Waals surface area contributed by atoms with Crippen molar-refractivity contribution in [2.24, 2.45) is 5.73 Å². The average Bonchev–Trinajstić information content (AvgIpc) is 2.27. The zero-order valence-electron chi connectivity index (χ0n) is 10.3. The van der Waals surface area contributed by atoms with Crippen LogP contribution in [0.2, 0.25) is 0 Å². The van der Waals surface area contributed by atoms with Crippen LogP contribution in [-0.2, 0) is 0 Å². The van der Waals surface area contributed by atoms with Gasteiger partial charge >= 0.3 is 6.61 Å². The highest BCUT2D eigenvalue weighted by molar-refractivity contribution is 5.85. The number of rotatable bonds is 2. The third-order valence-corrected chi connectivity index (χ3v) is 3.80. The smallest absolute Gasteiger partial charge is 0.387 e. The predicted molar refractivity (Wildman–Crippen MR) is 69.1 cm³/mol. The maximum atomic E-state index is 12.4. The lowest BCUT2D eigenvalue weighted by Crippen LogP contribution is -2.48. The Morgan fingerprint density at radius 2 is 2.11 bits per heavy atom. The van der Waals surface area contributed by atoms with E-state index in [0.29, 0.717) is 5.75 Å². The van der Waals surface area contributed by atoms with Crippen molar-refractivity contribution in [3.8, 4) is 11.5 Å². The lowest BCUT2D eigenvalue weighted by Gasteiger charge is -2.47. The summed E-state index contributed by atoms with van der Waals surface area (Å²) in [7, 11) is 0. The number of nitrogens with two attached hydrogens (primary N) is 1. The van der Waals surface area contributed by atoms with Crippen LogP contribution in [0.4, 0.5) is 8.78 Å². The van der Waals surface area contributed by atoms with Crippen LogP contribution in [-0.4, -0.2) is 12.2 Å². The van der Waals surface area contributed by atoms with E-state index in [0.717, 1.165) is 31.2 Å². The first-order valence-electron chi connectivity index (χ1n) is 6.12. The molecule has 1 aromatic rings. The summed E-state index contributed by atoms with van der Waals surface area (Å²) in [6.45, 7) is -2.85. The van der Waals surface area contributed by atoms with E-state index in [2.05, 4.69) is 4.74 Å². The van der Waals surface area contributed by atoms with E-state index < -0.39 is 6.61 Å². The maximum Gasteiger partial charge on any atom is 0.387 e. The first kappa shape index (κ1) is 14.3. The fourth-order valence-corrected chi connectivity index (χ4v) is 2.77. The molecule has 19 heavy (non-hydrogen) atoms. The van der Waals surface area contributed by atoms with Crippen LogP contribution in [0.1, 0.15) is 37.3 Å². The van der Waals surface area contributed by atoms with E-state index in [1.807, 2.05) is 6.07 Å². The van der Waals surface area contributed by atoms with Crippen molar-refractivity contribution in [3.63, 3.8) is 0 Å². The Kier molecular flexibility index (Phi) is 3.87. The van der Waals surface area contributed by atoms with Gasteiger partial charge in [-0.3, -0.25) is 0 Å². The lowest BCUT2D eigenvalue weighted by molar-refractivity contribution is -0.0645. The van der Waals surface area contributed by atoms with E-state index in [1.165, 1.54) is 6.07 Å². The molecule has 1 saturated carbocycles. The molecule has 3 nitrogen and oxygen atoms in total. The molecule has 6 heteroatoms. The number of alkyl halides is 2. The van der Waals surface area contributed by atoms with Gasteiger partial charge in [-0.05, 0) is 25.3 Å². The largest absolute Gasteiger partial charge is 0.483 e. The Morgan fingerprint density at radius 3 is 2.68 bits per heavy atom. The SMILES string of the molecule is Cl.NC1CC2(CCC2)Oc2c(OC(F)F)cccc21. The number of ether oxygens (including phenoxy) is 2. The third-order valence-electron chi connectivity index (χ3n) is 3.80. The van der Waals surface area contributed by atoms with Crippen LogP contribution in [0, 0.1) is 0 Å². The molecule has 1 aliphatic heterocycles. The average molecular weight is 292 g/mol. The Labute approximate surface area is 116 Å². The molecule has 1 atom stereocenters. The van der Waals surface area contributed by atoms with Crippen LogP contribution in [0.25, 0.3) is 0 Å². The molecule has 1 aromatic carbocycles. The molecule has 1 unspecified atom stereocenters. The highest BCUT2D eigenvalue weighted by Gasteiger charge is 2.45. The van der Waals surface area contributed by atoms with Gasteiger partial charge in [-0.25, -0.2) is 0 Å². The van der Waals surface area contributed by atoms with Crippen molar-refractivity contribution < 1.29 is 18.3 Å². The summed E-state index contributed by atoms with van der Waals surface area (Å²) in [5, 5.41) is 0. The number of para-hydroxylation sites is 1. The van der Waals surface area contributed by atoms with Crippen molar-refractivity contribution in [1.29, 1.82) is 0 Å². The molecular weight excluding hydrogens is 276 g/mol. The van der Waals surface area contributed by atoms with E-state index in [4.69, 9.17) is 10.5 Å². The number of hydrogen-bond donors (Lipinski definition) is 1. The van der Waals surface area contributed by atoms with Crippen molar-refractivity contribution in [3.05, 3.63) is 23.8 Å². The minimum atomic E-state index is -2.85. The minimum Gasteiger partial charge on any atom is -0.483 e. The summed E-state index contributed by atoms with van der Waals surface area (Å²) in [6, 6.07) is 4.80. The van der Waals surface area contributed by atoms with Gasteiger partial charge in [0.1, 0.15) is 5.60 Å². The Hall–Kier alpha value is -1.07. The van der Waals surface area contributed by atoms with Gasteiger partial charge in [-0.1, -0.05) is 12.1 Å². The van der Waals surface area contributed by atoms with Gasteiger partial charge in [0.15, 0.2) is 11.5 Å². The van der Waals surface area contributed by atoms with Crippen molar-refractivity contribution in [2.75, 3.05) is 0 Å².